The van der Waals surface area contributed by atoms with Gasteiger partial charge in [0.15, 0.2) is 0 Å². The Morgan fingerprint density at radius 3 is 1.90 bits per heavy atom. The molecule has 0 unspecified atom stereocenters. The van der Waals surface area contributed by atoms with Gasteiger partial charge in [0.1, 0.15) is 6.17 Å². The van der Waals surface area contributed by atoms with Crippen LogP contribution in [-0.2, 0) is 0 Å². The Hall–Kier alpha value is -1.96. The van der Waals surface area contributed by atoms with E-state index >= 15 is 0 Å². The first-order valence-electron chi connectivity index (χ1n) is 7.64. The predicted molar refractivity (Wildman–Crippen MR) is 91.5 cm³/mol. The SMILES string of the molecule is Cc1ccccc1N1c2ccccc2N(C(C)(C)C)[C@@H]1C. The van der Waals surface area contributed by atoms with E-state index in [9.17, 15) is 0 Å². The smallest absolute Gasteiger partial charge is 0.104 e. The third kappa shape index (κ3) is 2.19. The van der Waals surface area contributed by atoms with E-state index in [4.69, 9.17) is 0 Å². The highest BCUT2D eigenvalue weighted by Crippen LogP contribution is 2.47. The molecule has 0 saturated heterocycles. The van der Waals surface area contributed by atoms with E-state index in [0.29, 0.717) is 6.17 Å². The molecule has 21 heavy (non-hydrogen) atoms. The summed E-state index contributed by atoms with van der Waals surface area (Å²) in [5.74, 6) is 0. The summed E-state index contributed by atoms with van der Waals surface area (Å²) < 4.78 is 0. The maximum atomic E-state index is 2.51. The van der Waals surface area contributed by atoms with Crippen molar-refractivity contribution in [1.29, 1.82) is 0 Å². The first-order chi connectivity index (χ1) is 9.91. The van der Waals surface area contributed by atoms with Gasteiger partial charge in [-0.1, -0.05) is 30.3 Å². The van der Waals surface area contributed by atoms with Crippen LogP contribution < -0.4 is 9.80 Å². The van der Waals surface area contributed by atoms with E-state index in [1.54, 1.807) is 0 Å². The molecule has 0 aliphatic carbocycles. The molecule has 0 amide bonds. The third-order valence-corrected chi connectivity index (χ3v) is 4.25. The average Bonchev–Trinajstić information content (AvgIpc) is 2.71. The minimum Gasteiger partial charge on any atom is -0.345 e. The fourth-order valence-electron chi connectivity index (χ4n) is 3.48. The van der Waals surface area contributed by atoms with Gasteiger partial charge in [0.05, 0.1) is 11.4 Å². The summed E-state index contributed by atoms with van der Waals surface area (Å²) in [6.45, 7) is 11.3. The molecule has 0 spiro atoms. The number of hydrogen-bond donors (Lipinski definition) is 0. The van der Waals surface area contributed by atoms with Gasteiger partial charge in [0.25, 0.3) is 0 Å². The Kier molecular flexibility index (Phi) is 3.20. The summed E-state index contributed by atoms with van der Waals surface area (Å²) in [6.07, 6.45) is 0.309. The van der Waals surface area contributed by atoms with Crippen molar-refractivity contribution in [3.63, 3.8) is 0 Å². The Labute approximate surface area is 128 Å². The van der Waals surface area contributed by atoms with Crippen molar-refractivity contribution in [2.24, 2.45) is 0 Å². The van der Waals surface area contributed by atoms with Gasteiger partial charge in [-0.2, -0.15) is 0 Å². The van der Waals surface area contributed by atoms with Gasteiger partial charge in [0, 0.05) is 11.2 Å². The monoisotopic (exact) mass is 280 g/mol. The van der Waals surface area contributed by atoms with Crippen LogP contribution >= 0.6 is 0 Å². The zero-order valence-electron chi connectivity index (χ0n) is 13.6. The second kappa shape index (κ2) is 4.80. The van der Waals surface area contributed by atoms with Crippen LogP contribution in [-0.4, -0.2) is 11.7 Å². The summed E-state index contributed by atoms with van der Waals surface area (Å²) >= 11 is 0. The number of nitrogens with zero attached hydrogens (tertiary/aromatic N) is 2. The van der Waals surface area contributed by atoms with E-state index in [1.165, 1.54) is 22.6 Å². The Balaban J connectivity index is 2.18. The zero-order valence-corrected chi connectivity index (χ0v) is 13.6. The highest BCUT2D eigenvalue weighted by Gasteiger charge is 2.39. The summed E-state index contributed by atoms with van der Waals surface area (Å²) in [7, 11) is 0. The van der Waals surface area contributed by atoms with Crippen molar-refractivity contribution in [2.45, 2.75) is 46.3 Å². The lowest BCUT2D eigenvalue weighted by molar-refractivity contribution is 0.468. The molecular weight excluding hydrogens is 256 g/mol. The Bertz CT molecular complexity index is 655. The Morgan fingerprint density at radius 2 is 1.33 bits per heavy atom. The molecule has 110 valence electrons. The van der Waals surface area contributed by atoms with Crippen LogP contribution in [0.4, 0.5) is 17.1 Å². The normalized spacial score (nSPS) is 18.0. The fourth-order valence-corrected chi connectivity index (χ4v) is 3.48. The molecule has 2 heteroatoms. The number of aryl methyl sites for hydroxylation is 1. The number of benzene rings is 2. The molecule has 1 heterocycles. The third-order valence-electron chi connectivity index (χ3n) is 4.25. The number of para-hydroxylation sites is 3. The quantitative estimate of drug-likeness (QED) is 0.717. The van der Waals surface area contributed by atoms with Gasteiger partial charge in [-0.05, 0) is 58.4 Å². The van der Waals surface area contributed by atoms with Gasteiger partial charge >= 0.3 is 0 Å². The van der Waals surface area contributed by atoms with Crippen molar-refractivity contribution in [1.82, 2.24) is 0 Å². The van der Waals surface area contributed by atoms with Crippen LogP contribution in [0.2, 0.25) is 0 Å². The molecule has 1 aliphatic heterocycles. The van der Waals surface area contributed by atoms with Crippen molar-refractivity contribution in [3.05, 3.63) is 54.1 Å². The average molecular weight is 280 g/mol. The number of rotatable bonds is 1. The molecule has 0 aromatic heterocycles. The maximum absolute atomic E-state index is 2.51. The van der Waals surface area contributed by atoms with E-state index in [-0.39, 0.29) is 5.54 Å². The number of hydrogen-bond acceptors (Lipinski definition) is 2. The van der Waals surface area contributed by atoms with Crippen LogP contribution in [0, 0.1) is 6.92 Å². The predicted octanol–water partition coefficient (Wildman–Crippen LogP) is 5.10. The number of fused-ring (bicyclic) bond motifs is 1. The van der Waals surface area contributed by atoms with Crippen molar-refractivity contribution in [3.8, 4) is 0 Å². The van der Waals surface area contributed by atoms with Crippen LogP contribution in [0.25, 0.3) is 0 Å². The molecule has 1 aliphatic rings. The highest BCUT2D eigenvalue weighted by molar-refractivity contribution is 5.85. The van der Waals surface area contributed by atoms with Crippen LogP contribution in [0.5, 0.6) is 0 Å². The second-order valence-electron chi connectivity index (χ2n) is 6.82. The first-order valence-corrected chi connectivity index (χ1v) is 7.64. The molecule has 0 radical (unpaired) electrons. The minimum atomic E-state index is 0.0902. The molecule has 0 N–H and O–H groups in total. The highest BCUT2D eigenvalue weighted by atomic mass is 15.4. The van der Waals surface area contributed by atoms with E-state index in [2.05, 4.69) is 92.9 Å². The Morgan fingerprint density at radius 1 is 0.810 bits per heavy atom. The van der Waals surface area contributed by atoms with Crippen molar-refractivity contribution in [2.75, 3.05) is 9.80 Å². The molecule has 2 nitrogen and oxygen atoms in total. The lowest BCUT2D eigenvalue weighted by atomic mass is 10.0. The molecule has 2 aromatic rings. The van der Waals surface area contributed by atoms with Gasteiger partial charge in [-0.3, -0.25) is 0 Å². The lowest BCUT2D eigenvalue weighted by Crippen LogP contribution is -2.49. The minimum absolute atomic E-state index is 0.0902. The molecule has 2 aromatic carbocycles. The molecule has 3 rings (SSSR count). The van der Waals surface area contributed by atoms with Crippen LogP contribution in [0.1, 0.15) is 33.3 Å². The second-order valence-corrected chi connectivity index (χ2v) is 6.82. The molecule has 0 fully saturated rings. The molecule has 0 bridgehead atoms. The molecule has 1 atom stereocenters. The van der Waals surface area contributed by atoms with Crippen molar-refractivity contribution >= 4 is 17.1 Å². The maximum Gasteiger partial charge on any atom is 0.104 e. The first kappa shape index (κ1) is 14.0. The van der Waals surface area contributed by atoms with Gasteiger partial charge in [0.2, 0.25) is 0 Å². The summed E-state index contributed by atoms with van der Waals surface area (Å²) in [6, 6.07) is 17.3. The van der Waals surface area contributed by atoms with E-state index in [1.807, 2.05) is 0 Å². The molecular formula is C19H24N2. The van der Waals surface area contributed by atoms with Crippen LogP contribution in [0.3, 0.4) is 0 Å². The fraction of sp³-hybridized carbons (Fsp3) is 0.368. The summed E-state index contributed by atoms with van der Waals surface area (Å²) in [5, 5.41) is 0. The summed E-state index contributed by atoms with van der Waals surface area (Å²) in [4.78, 5) is 4.96. The van der Waals surface area contributed by atoms with Gasteiger partial charge in [-0.25, -0.2) is 0 Å². The zero-order chi connectivity index (χ0) is 15.2. The topological polar surface area (TPSA) is 6.48 Å². The standard InChI is InChI=1S/C19H24N2/c1-14-10-6-7-11-16(14)20-15(2)21(19(3,4)5)18-13-9-8-12-17(18)20/h6-13,15H,1-5H3/t15-/m1/s1. The number of anilines is 3. The van der Waals surface area contributed by atoms with Crippen LogP contribution in [0.15, 0.2) is 48.5 Å². The van der Waals surface area contributed by atoms with E-state index < -0.39 is 0 Å². The van der Waals surface area contributed by atoms with Gasteiger partial charge < -0.3 is 9.80 Å². The lowest BCUT2D eigenvalue weighted by Gasteiger charge is -2.40. The largest absolute Gasteiger partial charge is 0.345 e. The van der Waals surface area contributed by atoms with E-state index in [0.717, 1.165) is 0 Å². The van der Waals surface area contributed by atoms with Crippen molar-refractivity contribution < 1.29 is 0 Å². The van der Waals surface area contributed by atoms with Gasteiger partial charge in [-0.15, -0.1) is 0 Å². The summed E-state index contributed by atoms with van der Waals surface area (Å²) in [5.41, 5.74) is 5.32. The molecule has 0 saturated carbocycles.